The molecule has 0 atom stereocenters. The van der Waals surface area contributed by atoms with E-state index >= 15 is 0 Å². The summed E-state index contributed by atoms with van der Waals surface area (Å²) in [6.07, 6.45) is 5.45. The number of imidazole rings is 1. The molecule has 1 fully saturated rings. The minimum absolute atomic E-state index is 0.185. The fourth-order valence-corrected chi connectivity index (χ4v) is 3.19. The summed E-state index contributed by atoms with van der Waals surface area (Å²) in [6, 6.07) is 7.92. The predicted molar refractivity (Wildman–Crippen MR) is 100 cm³/mol. The molecule has 0 bridgehead atoms. The number of hydrogen-bond donors (Lipinski definition) is 1. The highest BCUT2D eigenvalue weighted by atomic mass is 16.6. The van der Waals surface area contributed by atoms with Crippen molar-refractivity contribution in [2.45, 2.75) is 38.5 Å². The standard InChI is InChI=1S/C20H27N3O3/c1-3-4-13-26-20(24)23-11-9-16(10-12-23)19-21-14-18(22-19)15-5-7-17(25-2)8-6-15/h5-8,14,16H,3-4,9-13H2,1-2H3,(H,21,22). The van der Waals surface area contributed by atoms with Crippen LogP contribution in [0.1, 0.15) is 44.3 Å². The second-order valence-corrected chi connectivity index (χ2v) is 6.64. The maximum Gasteiger partial charge on any atom is 0.409 e. The first kappa shape index (κ1) is 18.3. The fourth-order valence-electron chi connectivity index (χ4n) is 3.19. The molecule has 1 aromatic carbocycles. The summed E-state index contributed by atoms with van der Waals surface area (Å²) in [5.41, 5.74) is 2.09. The van der Waals surface area contributed by atoms with E-state index in [1.165, 1.54) is 0 Å². The van der Waals surface area contributed by atoms with Crippen molar-refractivity contribution in [1.82, 2.24) is 14.9 Å². The molecule has 6 heteroatoms. The van der Waals surface area contributed by atoms with E-state index in [1.807, 2.05) is 30.5 Å². The molecule has 0 unspecified atom stereocenters. The van der Waals surface area contributed by atoms with Gasteiger partial charge >= 0.3 is 6.09 Å². The average Bonchev–Trinajstić information content (AvgIpc) is 3.18. The van der Waals surface area contributed by atoms with E-state index in [4.69, 9.17) is 9.47 Å². The van der Waals surface area contributed by atoms with Crippen LogP contribution in [0.4, 0.5) is 4.79 Å². The quantitative estimate of drug-likeness (QED) is 0.787. The average molecular weight is 357 g/mol. The smallest absolute Gasteiger partial charge is 0.409 e. The Morgan fingerprint density at radius 2 is 2.00 bits per heavy atom. The van der Waals surface area contributed by atoms with Gasteiger partial charge in [0, 0.05) is 19.0 Å². The van der Waals surface area contributed by atoms with Gasteiger partial charge in [-0.1, -0.05) is 13.3 Å². The van der Waals surface area contributed by atoms with Crippen molar-refractivity contribution in [2.75, 3.05) is 26.8 Å². The fraction of sp³-hybridized carbons (Fsp3) is 0.500. The second kappa shape index (κ2) is 8.74. The van der Waals surface area contributed by atoms with Crippen LogP contribution in [0.2, 0.25) is 0 Å². The number of methoxy groups -OCH3 is 1. The summed E-state index contributed by atoms with van der Waals surface area (Å²) in [4.78, 5) is 21.8. The monoisotopic (exact) mass is 357 g/mol. The van der Waals surface area contributed by atoms with Crippen molar-refractivity contribution < 1.29 is 14.3 Å². The van der Waals surface area contributed by atoms with E-state index in [2.05, 4.69) is 16.9 Å². The molecule has 140 valence electrons. The topological polar surface area (TPSA) is 67.4 Å². The van der Waals surface area contributed by atoms with E-state index < -0.39 is 0 Å². The van der Waals surface area contributed by atoms with Crippen molar-refractivity contribution >= 4 is 6.09 Å². The first-order valence-corrected chi connectivity index (χ1v) is 9.32. The minimum Gasteiger partial charge on any atom is -0.497 e. The highest BCUT2D eigenvalue weighted by molar-refractivity contribution is 5.67. The number of H-pyrrole nitrogens is 1. The molecule has 1 saturated heterocycles. The molecule has 1 N–H and O–H groups in total. The Balaban J connectivity index is 1.55. The lowest BCUT2D eigenvalue weighted by Gasteiger charge is -2.30. The third-order valence-electron chi connectivity index (χ3n) is 4.86. The molecular formula is C20H27N3O3. The number of carbonyl (C=O) groups is 1. The molecule has 1 aromatic heterocycles. The number of ether oxygens (including phenoxy) is 2. The summed E-state index contributed by atoms with van der Waals surface area (Å²) in [5.74, 6) is 2.18. The van der Waals surface area contributed by atoms with Crippen molar-refractivity contribution in [1.29, 1.82) is 0 Å². The number of rotatable bonds is 6. The number of piperidine rings is 1. The van der Waals surface area contributed by atoms with Crippen LogP contribution in [0, 0.1) is 0 Å². The van der Waals surface area contributed by atoms with Crippen molar-refractivity contribution in [3.8, 4) is 17.0 Å². The van der Waals surface area contributed by atoms with Crippen LogP contribution >= 0.6 is 0 Å². The van der Waals surface area contributed by atoms with E-state index in [0.29, 0.717) is 25.6 Å². The highest BCUT2D eigenvalue weighted by Crippen LogP contribution is 2.28. The number of amides is 1. The van der Waals surface area contributed by atoms with Gasteiger partial charge in [0.05, 0.1) is 25.6 Å². The van der Waals surface area contributed by atoms with E-state index in [-0.39, 0.29) is 6.09 Å². The van der Waals surface area contributed by atoms with Gasteiger partial charge < -0.3 is 19.4 Å². The zero-order valence-corrected chi connectivity index (χ0v) is 15.5. The van der Waals surface area contributed by atoms with Gasteiger partial charge in [0.25, 0.3) is 0 Å². The van der Waals surface area contributed by atoms with E-state index in [0.717, 1.165) is 48.5 Å². The molecule has 26 heavy (non-hydrogen) atoms. The number of aromatic amines is 1. The Labute approximate surface area is 154 Å². The number of nitrogens with zero attached hydrogens (tertiary/aromatic N) is 2. The van der Waals surface area contributed by atoms with Crippen LogP contribution < -0.4 is 4.74 Å². The maximum absolute atomic E-state index is 12.0. The van der Waals surface area contributed by atoms with Gasteiger partial charge in [-0.2, -0.15) is 0 Å². The van der Waals surface area contributed by atoms with Gasteiger partial charge in [0.1, 0.15) is 11.6 Å². The van der Waals surface area contributed by atoms with Crippen LogP contribution in [0.15, 0.2) is 30.5 Å². The molecule has 0 saturated carbocycles. The van der Waals surface area contributed by atoms with Crippen LogP contribution in [0.25, 0.3) is 11.3 Å². The third kappa shape index (κ3) is 4.36. The number of hydrogen-bond acceptors (Lipinski definition) is 4. The first-order chi connectivity index (χ1) is 12.7. The Kier molecular flexibility index (Phi) is 6.15. The molecular weight excluding hydrogens is 330 g/mol. The molecule has 0 radical (unpaired) electrons. The van der Waals surface area contributed by atoms with Gasteiger partial charge in [-0.15, -0.1) is 0 Å². The minimum atomic E-state index is -0.185. The molecule has 0 spiro atoms. The normalized spacial score (nSPS) is 15.1. The first-order valence-electron chi connectivity index (χ1n) is 9.32. The zero-order valence-electron chi connectivity index (χ0n) is 15.5. The lowest BCUT2D eigenvalue weighted by atomic mass is 9.96. The summed E-state index contributed by atoms with van der Waals surface area (Å²) in [6.45, 7) is 4.03. The summed E-state index contributed by atoms with van der Waals surface area (Å²) in [5, 5.41) is 0. The SMILES string of the molecule is CCCCOC(=O)N1CCC(c2ncc(-c3ccc(OC)cc3)[nH]2)CC1. The molecule has 0 aliphatic carbocycles. The van der Waals surface area contributed by atoms with Crippen LogP contribution in [0.5, 0.6) is 5.75 Å². The lowest BCUT2D eigenvalue weighted by Crippen LogP contribution is -2.38. The van der Waals surface area contributed by atoms with Gasteiger partial charge in [-0.05, 0) is 49.1 Å². The molecule has 3 rings (SSSR count). The Hall–Kier alpha value is -2.50. The van der Waals surface area contributed by atoms with Gasteiger partial charge in [-0.3, -0.25) is 0 Å². The van der Waals surface area contributed by atoms with Gasteiger partial charge in [0.15, 0.2) is 0 Å². The number of benzene rings is 1. The number of carbonyl (C=O) groups excluding carboxylic acids is 1. The highest BCUT2D eigenvalue weighted by Gasteiger charge is 2.26. The molecule has 1 aliphatic heterocycles. The molecule has 2 heterocycles. The summed E-state index contributed by atoms with van der Waals surface area (Å²) < 4.78 is 10.5. The second-order valence-electron chi connectivity index (χ2n) is 6.64. The van der Waals surface area contributed by atoms with Crippen molar-refractivity contribution in [2.24, 2.45) is 0 Å². The van der Waals surface area contributed by atoms with Gasteiger partial charge in [-0.25, -0.2) is 9.78 Å². The van der Waals surface area contributed by atoms with Crippen LogP contribution in [0.3, 0.4) is 0 Å². The van der Waals surface area contributed by atoms with Gasteiger partial charge in [0.2, 0.25) is 0 Å². The molecule has 1 aliphatic rings. The summed E-state index contributed by atoms with van der Waals surface area (Å²) in [7, 11) is 1.66. The molecule has 2 aromatic rings. The molecule has 1 amide bonds. The lowest BCUT2D eigenvalue weighted by molar-refractivity contribution is 0.0912. The number of nitrogens with one attached hydrogen (secondary N) is 1. The summed E-state index contributed by atoms with van der Waals surface area (Å²) >= 11 is 0. The van der Waals surface area contributed by atoms with Crippen molar-refractivity contribution in [3.05, 3.63) is 36.3 Å². The zero-order chi connectivity index (χ0) is 18.4. The Bertz CT molecular complexity index is 703. The van der Waals surface area contributed by atoms with E-state index in [9.17, 15) is 4.79 Å². The largest absolute Gasteiger partial charge is 0.497 e. The number of unbranched alkanes of at least 4 members (excludes halogenated alkanes) is 1. The van der Waals surface area contributed by atoms with Crippen LogP contribution in [-0.4, -0.2) is 47.8 Å². The molecule has 6 nitrogen and oxygen atoms in total. The van der Waals surface area contributed by atoms with Crippen molar-refractivity contribution in [3.63, 3.8) is 0 Å². The van der Waals surface area contributed by atoms with Crippen LogP contribution in [-0.2, 0) is 4.74 Å². The Morgan fingerprint density at radius 3 is 2.65 bits per heavy atom. The Morgan fingerprint density at radius 1 is 1.27 bits per heavy atom. The van der Waals surface area contributed by atoms with E-state index in [1.54, 1.807) is 12.0 Å². The number of likely N-dealkylation sites (tertiary alicyclic amines) is 1. The number of aromatic nitrogens is 2. The third-order valence-corrected chi connectivity index (χ3v) is 4.86. The predicted octanol–water partition coefficient (Wildman–Crippen LogP) is 4.20. The maximum atomic E-state index is 12.0.